The zero-order valence-corrected chi connectivity index (χ0v) is 28.1. The largest absolute Gasteiger partial charge is 0.390 e. The SMILES string of the molecule is CC(C)Nc1cccc([C@H](C)c2ccc([C@H]3O[C@@H]4C[C@H]5[C@@H]6C[C@H](F)C7=CC(=O)C=C[C@]7(C)[C@@]6(F)[C@@H](O)C[C@]5(C)[C@]4(C(=O)CO)O3)cc2)c1. The van der Waals surface area contributed by atoms with Crippen LogP contribution in [-0.4, -0.2) is 64.1 Å². The fraction of sp³-hybridized carbons (Fsp3) is 0.538. The zero-order chi connectivity index (χ0) is 34.4. The minimum Gasteiger partial charge on any atom is -0.390 e. The monoisotopic (exact) mass is 661 g/mol. The number of fused-ring (bicyclic) bond motifs is 7. The van der Waals surface area contributed by atoms with Gasteiger partial charge in [-0.1, -0.05) is 56.3 Å². The average Bonchev–Trinajstić information content (AvgIpc) is 3.56. The molecule has 1 heterocycles. The van der Waals surface area contributed by atoms with Gasteiger partial charge in [0.15, 0.2) is 29.1 Å². The summed E-state index contributed by atoms with van der Waals surface area (Å²) in [4.78, 5) is 26.0. The van der Waals surface area contributed by atoms with Crippen molar-refractivity contribution in [3.8, 4) is 0 Å². The van der Waals surface area contributed by atoms with Gasteiger partial charge in [0.05, 0.1) is 12.2 Å². The van der Waals surface area contributed by atoms with Gasteiger partial charge in [0, 0.05) is 40.0 Å². The van der Waals surface area contributed by atoms with E-state index in [4.69, 9.17) is 9.47 Å². The molecule has 4 aliphatic carbocycles. The highest BCUT2D eigenvalue weighted by Gasteiger charge is 2.80. The molecule has 1 aliphatic heterocycles. The van der Waals surface area contributed by atoms with Crippen LogP contribution < -0.4 is 5.32 Å². The van der Waals surface area contributed by atoms with Crippen LogP contribution in [0.4, 0.5) is 14.5 Å². The lowest BCUT2D eigenvalue weighted by Crippen LogP contribution is -2.70. The van der Waals surface area contributed by atoms with Gasteiger partial charge in [0.2, 0.25) is 0 Å². The first-order chi connectivity index (χ1) is 22.7. The zero-order valence-electron chi connectivity index (χ0n) is 28.1. The summed E-state index contributed by atoms with van der Waals surface area (Å²) in [7, 11) is 0. The fourth-order valence-corrected chi connectivity index (χ4v) is 10.1. The molecule has 0 unspecified atom stereocenters. The lowest BCUT2D eigenvalue weighted by molar-refractivity contribution is -0.235. The molecule has 2 aromatic rings. The molecular weight excluding hydrogens is 616 g/mol. The summed E-state index contributed by atoms with van der Waals surface area (Å²) >= 11 is 0. The standard InChI is InChI=1S/C39H45F2NO6/c1-21(2)42-26-8-6-7-25(15-26)22(3)23-9-11-24(12-10-23)35-47-34-18-28-29-17-31(40)30-16-27(44)13-14-36(30,4)38(29,41)32(45)19-37(28,5)39(34,48-35)33(46)20-43/h6-16,21-22,28-29,31-32,34-35,42-43,45H,17-20H2,1-5H3/t22-,28+,29+,31+,32+,34-,35+,36+,37+,38+,39-/m1/s1. The Kier molecular flexibility index (Phi) is 7.90. The van der Waals surface area contributed by atoms with E-state index >= 15 is 8.78 Å². The lowest BCUT2D eigenvalue weighted by atomic mass is 9.44. The first-order valence-corrected chi connectivity index (χ1v) is 17.1. The highest BCUT2D eigenvalue weighted by molar-refractivity contribution is 6.01. The molecule has 0 radical (unpaired) electrons. The van der Waals surface area contributed by atoms with Crippen LogP contribution in [0.5, 0.6) is 0 Å². The topological polar surface area (TPSA) is 105 Å². The minimum atomic E-state index is -2.29. The summed E-state index contributed by atoms with van der Waals surface area (Å²) in [5.74, 6) is -2.49. The number of hydrogen-bond acceptors (Lipinski definition) is 7. The number of nitrogens with one attached hydrogen (secondary N) is 1. The van der Waals surface area contributed by atoms with Crippen molar-refractivity contribution in [2.75, 3.05) is 11.9 Å². The van der Waals surface area contributed by atoms with E-state index < -0.39 is 76.8 Å². The molecule has 0 bridgehead atoms. The molecule has 9 heteroatoms. The number of ketones is 2. The van der Waals surface area contributed by atoms with E-state index in [9.17, 15) is 19.8 Å². The van der Waals surface area contributed by atoms with E-state index in [1.54, 1.807) is 13.8 Å². The number of anilines is 1. The van der Waals surface area contributed by atoms with Crippen molar-refractivity contribution in [2.24, 2.45) is 22.7 Å². The van der Waals surface area contributed by atoms with Gasteiger partial charge < -0.3 is 25.0 Å². The van der Waals surface area contributed by atoms with Crippen molar-refractivity contribution in [1.82, 2.24) is 0 Å². The Labute approximate surface area is 280 Å². The third-order valence-electron chi connectivity index (χ3n) is 12.5. The van der Waals surface area contributed by atoms with Crippen molar-refractivity contribution in [3.63, 3.8) is 0 Å². The summed E-state index contributed by atoms with van der Waals surface area (Å²) in [5, 5.41) is 25.4. The summed E-state index contributed by atoms with van der Waals surface area (Å²) in [6, 6.07) is 16.5. The van der Waals surface area contributed by atoms with Gasteiger partial charge in [-0.15, -0.1) is 0 Å². The van der Waals surface area contributed by atoms with Gasteiger partial charge in [-0.3, -0.25) is 9.59 Å². The number of rotatable bonds is 7. The molecule has 11 atom stereocenters. The van der Waals surface area contributed by atoms with Crippen LogP contribution in [0.2, 0.25) is 0 Å². The number of aliphatic hydroxyl groups is 2. The van der Waals surface area contributed by atoms with Crippen LogP contribution in [0.25, 0.3) is 0 Å². The summed E-state index contributed by atoms with van der Waals surface area (Å²) in [5.41, 5.74) is -2.63. The van der Waals surface area contributed by atoms with E-state index in [1.807, 2.05) is 36.4 Å². The number of halogens is 2. The predicted octanol–water partition coefficient (Wildman–Crippen LogP) is 6.30. The molecule has 4 fully saturated rings. The van der Waals surface area contributed by atoms with Crippen molar-refractivity contribution in [1.29, 1.82) is 0 Å². The van der Waals surface area contributed by atoms with E-state index in [0.717, 1.165) is 22.9 Å². The highest BCUT2D eigenvalue weighted by atomic mass is 19.1. The Hall–Kier alpha value is -3.24. The minimum absolute atomic E-state index is 0.0426. The molecule has 3 saturated carbocycles. The first-order valence-electron chi connectivity index (χ1n) is 17.1. The summed E-state index contributed by atoms with van der Waals surface area (Å²) in [6.07, 6.45) is -1.37. The van der Waals surface area contributed by atoms with E-state index in [2.05, 4.69) is 38.2 Å². The summed E-state index contributed by atoms with van der Waals surface area (Å²) in [6.45, 7) is 8.84. The van der Waals surface area contributed by atoms with Crippen LogP contribution in [0.15, 0.2) is 72.3 Å². The number of Topliss-reactive ketones (excluding diaryl/α,β-unsaturated/α-hetero) is 1. The molecule has 2 aromatic carbocycles. The molecule has 5 aliphatic rings. The van der Waals surface area contributed by atoms with Gasteiger partial charge in [0.25, 0.3) is 0 Å². The maximum atomic E-state index is 17.6. The Morgan fingerprint density at radius 1 is 1.06 bits per heavy atom. The van der Waals surface area contributed by atoms with Crippen LogP contribution in [0.3, 0.4) is 0 Å². The molecule has 1 saturated heterocycles. The number of ether oxygens (including phenoxy) is 2. The quantitative estimate of drug-likeness (QED) is 0.320. The number of hydrogen-bond donors (Lipinski definition) is 3. The average molecular weight is 662 g/mol. The van der Waals surface area contributed by atoms with Crippen molar-refractivity contribution in [2.45, 2.75) is 102 Å². The van der Waals surface area contributed by atoms with Crippen molar-refractivity contribution in [3.05, 3.63) is 89.0 Å². The molecule has 0 aromatic heterocycles. The second-order valence-electron chi connectivity index (χ2n) is 15.3. The molecule has 0 spiro atoms. The number of benzene rings is 2. The maximum Gasteiger partial charge on any atom is 0.193 e. The Morgan fingerprint density at radius 3 is 2.48 bits per heavy atom. The highest BCUT2D eigenvalue weighted by Crippen LogP contribution is 2.72. The summed E-state index contributed by atoms with van der Waals surface area (Å²) < 4.78 is 46.6. The molecular formula is C39H45F2NO6. The van der Waals surface area contributed by atoms with E-state index in [-0.39, 0.29) is 30.8 Å². The third-order valence-corrected chi connectivity index (χ3v) is 12.5. The number of allylic oxidation sites excluding steroid dienone is 4. The van der Waals surface area contributed by atoms with Gasteiger partial charge in [-0.05, 0) is 86.9 Å². The van der Waals surface area contributed by atoms with Crippen molar-refractivity contribution < 1.29 is 38.1 Å². The molecule has 256 valence electrons. The molecule has 0 amide bonds. The number of alkyl halides is 2. The number of carbonyl (C=O) groups excluding carboxylic acids is 2. The Morgan fingerprint density at radius 2 is 1.79 bits per heavy atom. The van der Waals surface area contributed by atoms with Gasteiger partial charge in [0.1, 0.15) is 12.8 Å². The number of aliphatic hydroxyl groups excluding tert-OH is 2. The van der Waals surface area contributed by atoms with Gasteiger partial charge >= 0.3 is 0 Å². The van der Waals surface area contributed by atoms with Crippen LogP contribution >= 0.6 is 0 Å². The van der Waals surface area contributed by atoms with Crippen LogP contribution in [0.1, 0.15) is 82.8 Å². The Bertz CT molecular complexity index is 1690. The van der Waals surface area contributed by atoms with E-state index in [1.165, 1.54) is 12.2 Å². The smallest absolute Gasteiger partial charge is 0.193 e. The maximum absolute atomic E-state index is 17.6. The number of carbonyl (C=O) groups is 2. The molecule has 3 N–H and O–H groups in total. The second kappa shape index (κ2) is 11.4. The van der Waals surface area contributed by atoms with Crippen molar-refractivity contribution >= 4 is 17.3 Å². The van der Waals surface area contributed by atoms with Gasteiger partial charge in [-0.25, -0.2) is 8.78 Å². The van der Waals surface area contributed by atoms with Crippen LogP contribution in [0, 0.1) is 22.7 Å². The second-order valence-corrected chi connectivity index (χ2v) is 15.3. The molecule has 7 rings (SSSR count). The van der Waals surface area contributed by atoms with E-state index in [0.29, 0.717) is 11.6 Å². The first kappa shape index (κ1) is 33.3. The molecule has 48 heavy (non-hydrogen) atoms. The Balaban J connectivity index is 1.18. The van der Waals surface area contributed by atoms with Crippen LogP contribution in [-0.2, 0) is 19.1 Å². The third kappa shape index (κ3) is 4.50. The normalized spacial score (nSPS) is 40.5. The fourth-order valence-electron chi connectivity index (χ4n) is 10.1. The lowest BCUT2D eigenvalue weighted by Gasteiger charge is -2.63. The molecule has 7 nitrogen and oxygen atoms in total. The predicted molar refractivity (Wildman–Crippen MR) is 177 cm³/mol. The van der Waals surface area contributed by atoms with Gasteiger partial charge in [-0.2, -0.15) is 0 Å².